The Hall–Kier alpha value is -2.10. The molecule has 0 bridgehead atoms. The van der Waals surface area contributed by atoms with E-state index >= 15 is 0 Å². The summed E-state index contributed by atoms with van der Waals surface area (Å²) in [5, 5.41) is 0. The highest BCUT2D eigenvalue weighted by Crippen LogP contribution is 2.33. The van der Waals surface area contributed by atoms with Crippen LogP contribution in [-0.4, -0.2) is 21.9 Å². The smallest absolute Gasteiger partial charge is 0.167 e. The highest BCUT2D eigenvalue weighted by atomic mass is 16.5. The Bertz CT molecular complexity index is 792. The van der Waals surface area contributed by atoms with Gasteiger partial charge in [0.25, 0.3) is 0 Å². The van der Waals surface area contributed by atoms with Crippen molar-refractivity contribution in [3.05, 3.63) is 46.5 Å². The number of aromatic nitrogens is 2. The Morgan fingerprint density at radius 1 is 1.23 bits per heavy atom. The van der Waals surface area contributed by atoms with Crippen LogP contribution in [0.15, 0.2) is 18.3 Å². The summed E-state index contributed by atoms with van der Waals surface area (Å²) in [6, 6.07) is 3.97. The number of aryl methyl sites for hydroxylation is 2. The molecule has 0 amide bonds. The fraction of sp³-hybridized carbons (Fsp3) is 0.545. The second kappa shape index (κ2) is 8.07. The molecule has 3 rings (SSSR count). The van der Waals surface area contributed by atoms with Crippen LogP contribution in [0.3, 0.4) is 0 Å². The molecular weight excluding hydrogens is 324 g/mol. The summed E-state index contributed by atoms with van der Waals surface area (Å²) in [5.74, 6) is 2.18. The van der Waals surface area contributed by atoms with Crippen LogP contribution < -0.4 is 4.74 Å². The van der Waals surface area contributed by atoms with Crippen LogP contribution in [0.1, 0.15) is 66.6 Å². The van der Waals surface area contributed by atoms with Crippen molar-refractivity contribution >= 4 is 5.78 Å². The largest absolute Gasteiger partial charge is 0.494 e. The summed E-state index contributed by atoms with van der Waals surface area (Å²) in [6.45, 7) is 9.50. The molecule has 2 aromatic rings. The summed E-state index contributed by atoms with van der Waals surface area (Å²) >= 11 is 0. The number of rotatable bonds is 7. The van der Waals surface area contributed by atoms with Gasteiger partial charge in [-0.05, 0) is 62.8 Å². The van der Waals surface area contributed by atoms with Gasteiger partial charge in [0.2, 0.25) is 0 Å². The zero-order valence-corrected chi connectivity index (χ0v) is 16.5. The fourth-order valence-electron chi connectivity index (χ4n) is 4.04. The molecule has 1 atom stereocenters. The Morgan fingerprint density at radius 3 is 2.65 bits per heavy atom. The first kappa shape index (κ1) is 18.7. The zero-order chi connectivity index (χ0) is 18.7. The normalized spacial score (nSPS) is 14.8. The summed E-state index contributed by atoms with van der Waals surface area (Å²) < 4.78 is 7.94. The molecule has 4 nitrogen and oxygen atoms in total. The molecule has 26 heavy (non-hydrogen) atoms. The predicted molar refractivity (Wildman–Crippen MR) is 104 cm³/mol. The summed E-state index contributed by atoms with van der Waals surface area (Å²) in [4.78, 5) is 17.8. The molecule has 0 aliphatic heterocycles. The van der Waals surface area contributed by atoms with Crippen molar-refractivity contribution in [3.63, 3.8) is 0 Å². The molecule has 0 saturated heterocycles. The van der Waals surface area contributed by atoms with Crippen molar-refractivity contribution < 1.29 is 9.53 Å². The molecule has 0 N–H and O–H groups in total. The van der Waals surface area contributed by atoms with E-state index < -0.39 is 0 Å². The third-order valence-electron chi connectivity index (χ3n) is 5.27. The molecular formula is C22H30N2O2. The van der Waals surface area contributed by atoms with Crippen molar-refractivity contribution in [2.45, 2.75) is 66.3 Å². The van der Waals surface area contributed by atoms with Gasteiger partial charge in [-0.25, -0.2) is 4.98 Å². The SMILES string of the molecule is CCOc1ccc(C(=O)C(C)Cn2cc(C)nc2CC)c2c1CCCC2. The fourth-order valence-corrected chi connectivity index (χ4v) is 4.04. The zero-order valence-electron chi connectivity index (χ0n) is 16.5. The van der Waals surface area contributed by atoms with Crippen LogP contribution in [0.25, 0.3) is 0 Å². The van der Waals surface area contributed by atoms with E-state index in [1.54, 1.807) is 0 Å². The molecule has 0 fully saturated rings. The summed E-state index contributed by atoms with van der Waals surface area (Å²) in [5.41, 5.74) is 4.38. The van der Waals surface area contributed by atoms with Crippen molar-refractivity contribution in [1.82, 2.24) is 9.55 Å². The number of hydrogen-bond acceptors (Lipinski definition) is 3. The number of fused-ring (bicyclic) bond motifs is 1. The highest BCUT2D eigenvalue weighted by Gasteiger charge is 2.25. The molecule has 1 aliphatic carbocycles. The van der Waals surface area contributed by atoms with E-state index in [1.807, 2.05) is 32.9 Å². The predicted octanol–water partition coefficient (Wildman–Crippen LogP) is 4.55. The molecule has 0 radical (unpaired) electrons. The Kier molecular flexibility index (Phi) is 5.80. The summed E-state index contributed by atoms with van der Waals surface area (Å²) in [7, 11) is 0. The quantitative estimate of drug-likeness (QED) is 0.685. The second-order valence-electron chi connectivity index (χ2n) is 7.28. The van der Waals surface area contributed by atoms with Crippen LogP contribution >= 0.6 is 0 Å². The molecule has 1 heterocycles. The Labute approximate surface area is 156 Å². The van der Waals surface area contributed by atoms with Gasteiger partial charge in [-0.15, -0.1) is 0 Å². The first-order valence-electron chi connectivity index (χ1n) is 9.89. The van der Waals surface area contributed by atoms with Gasteiger partial charge in [0, 0.05) is 30.6 Å². The van der Waals surface area contributed by atoms with Crippen LogP contribution in [0.5, 0.6) is 5.75 Å². The summed E-state index contributed by atoms with van der Waals surface area (Å²) in [6.07, 6.45) is 7.26. The first-order chi connectivity index (χ1) is 12.5. The van der Waals surface area contributed by atoms with Crippen LogP contribution in [0.2, 0.25) is 0 Å². The van der Waals surface area contributed by atoms with Crippen molar-refractivity contribution in [1.29, 1.82) is 0 Å². The van der Waals surface area contributed by atoms with Gasteiger partial charge in [0.05, 0.1) is 12.3 Å². The van der Waals surface area contributed by atoms with Gasteiger partial charge in [-0.1, -0.05) is 13.8 Å². The van der Waals surface area contributed by atoms with Crippen LogP contribution in [-0.2, 0) is 25.8 Å². The number of nitrogens with zero attached hydrogens (tertiary/aromatic N) is 2. The molecule has 1 aromatic carbocycles. The van der Waals surface area contributed by atoms with Crippen LogP contribution in [0.4, 0.5) is 0 Å². The molecule has 4 heteroatoms. The monoisotopic (exact) mass is 354 g/mol. The lowest BCUT2D eigenvalue weighted by atomic mass is 9.84. The third-order valence-corrected chi connectivity index (χ3v) is 5.27. The van der Waals surface area contributed by atoms with Gasteiger partial charge >= 0.3 is 0 Å². The van der Waals surface area contributed by atoms with Gasteiger partial charge in [-0.3, -0.25) is 4.79 Å². The van der Waals surface area contributed by atoms with E-state index in [0.29, 0.717) is 13.2 Å². The molecule has 1 aliphatic rings. The number of ketones is 1. The maximum atomic E-state index is 13.2. The van der Waals surface area contributed by atoms with E-state index in [1.165, 1.54) is 17.5 Å². The first-order valence-corrected chi connectivity index (χ1v) is 9.89. The number of ether oxygens (including phenoxy) is 1. The maximum Gasteiger partial charge on any atom is 0.167 e. The minimum atomic E-state index is -0.0714. The lowest BCUT2D eigenvalue weighted by molar-refractivity contribution is 0.0916. The minimum absolute atomic E-state index is 0.0714. The van der Waals surface area contributed by atoms with E-state index in [9.17, 15) is 4.79 Å². The third kappa shape index (κ3) is 3.69. The number of imidazole rings is 1. The second-order valence-corrected chi connectivity index (χ2v) is 7.28. The topological polar surface area (TPSA) is 44.1 Å². The lowest BCUT2D eigenvalue weighted by Gasteiger charge is -2.23. The van der Waals surface area contributed by atoms with Gasteiger partial charge in [0.1, 0.15) is 11.6 Å². The number of Topliss-reactive ketones (excluding diaryl/α,β-unsaturated/α-hetero) is 1. The lowest BCUT2D eigenvalue weighted by Crippen LogP contribution is -2.21. The van der Waals surface area contributed by atoms with Gasteiger partial charge < -0.3 is 9.30 Å². The highest BCUT2D eigenvalue weighted by molar-refractivity contribution is 5.99. The van der Waals surface area contributed by atoms with Crippen molar-refractivity contribution in [2.24, 2.45) is 5.92 Å². The Morgan fingerprint density at radius 2 is 1.96 bits per heavy atom. The maximum absolute atomic E-state index is 13.2. The van der Waals surface area contributed by atoms with Crippen molar-refractivity contribution in [3.8, 4) is 5.75 Å². The molecule has 1 unspecified atom stereocenters. The molecule has 1 aromatic heterocycles. The van der Waals surface area contributed by atoms with Crippen LogP contribution in [0, 0.1) is 12.8 Å². The number of benzene rings is 1. The standard InChI is InChI=1S/C22H30N2O2/c1-5-21-23-16(4)14-24(21)13-15(3)22(25)19-11-12-20(26-6-2)18-10-8-7-9-17(18)19/h11-12,14-15H,5-10,13H2,1-4H3. The molecule has 0 spiro atoms. The number of carbonyl (C=O) groups is 1. The minimum Gasteiger partial charge on any atom is -0.494 e. The molecule has 140 valence electrons. The van der Waals surface area contributed by atoms with E-state index in [0.717, 1.165) is 48.5 Å². The average molecular weight is 354 g/mol. The van der Waals surface area contributed by atoms with E-state index in [2.05, 4.69) is 22.7 Å². The average Bonchev–Trinajstić information content (AvgIpc) is 3.01. The Balaban J connectivity index is 1.87. The van der Waals surface area contributed by atoms with Crippen molar-refractivity contribution in [2.75, 3.05) is 6.61 Å². The molecule has 0 saturated carbocycles. The number of carbonyl (C=O) groups excluding carboxylic acids is 1. The van der Waals surface area contributed by atoms with E-state index in [-0.39, 0.29) is 11.7 Å². The van der Waals surface area contributed by atoms with E-state index in [4.69, 9.17) is 4.74 Å². The van der Waals surface area contributed by atoms with Gasteiger partial charge in [0.15, 0.2) is 5.78 Å². The number of hydrogen-bond donors (Lipinski definition) is 0. The van der Waals surface area contributed by atoms with Gasteiger partial charge in [-0.2, -0.15) is 0 Å².